The quantitative estimate of drug-likeness (QED) is 0.526. The number of halogens is 1. The summed E-state index contributed by atoms with van der Waals surface area (Å²) >= 11 is 6.33. The minimum Gasteiger partial charge on any atom is -0.463 e. The Kier molecular flexibility index (Phi) is 5.67. The zero-order valence-electron chi connectivity index (χ0n) is 15.7. The number of fused-ring (bicyclic) bond motifs is 1. The molecule has 1 atom stereocenters. The van der Waals surface area contributed by atoms with Crippen LogP contribution in [0.1, 0.15) is 30.3 Å². The van der Waals surface area contributed by atoms with E-state index in [2.05, 4.69) is 20.9 Å². The molecule has 0 unspecified atom stereocenters. The summed E-state index contributed by atoms with van der Waals surface area (Å²) in [5.41, 5.74) is 1.65. The van der Waals surface area contributed by atoms with Crippen LogP contribution in [-0.2, 0) is 9.53 Å². The standard InChI is InChI=1S/C21H17BrN2O3S2/c1-3-27-20(26)17-12(2)23-21-24(18(17)13-7-5-4-6-8-13)19(25)15(29-21)11-14-9-10-16(22)28-14/h4-11,18H,3H2,1-2H3/b15-11-/t18-/m0/s1. The summed E-state index contributed by atoms with van der Waals surface area (Å²) in [6.45, 7) is 3.81. The molecule has 3 aromatic rings. The number of esters is 1. The first kappa shape index (κ1) is 20.0. The number of nitrogens with zero attached hydrogens (tertiary/aromatic N) is 2. The number of rotatable bonds is 4. The molecule has 0 radical (unpaired) electrons. The van der Waals surface area contributed by atoms with Crippen molar-refractivity contribution in [1.29, 1.82) is 0 Å². The summed E-state index contributed by atoms with van der Waals surface area (Å²) in [4.78, 5) is 32.2. The molecular weight excluding hydrogens is 472 g/mol. The molecule has 0 fully saturated rings. The van der Waals surface area contributed by atoms with Gasteiger partial charge in [0.1, 0.15) is 0 Å². The molecule has 0 N–H and O–H groups in total. The molecule has 148 valence electrons. The van der Waals surface area contributed by atoms with Gasteiger partial charge in [-0.15, -0.1) is 11.3 Å². The molecule has 1 aromatic carbocycles. The van der Waals surface area contributed by atoms with Crippen LogP contribution >= 0.6 is 38.6 Å². The van der Waals surface area contributed by atoms with Gasteiger partial charge in [-0.2, -0.15) is 0 Å². The highest BCUT2D eigenvalue weighted by Gasteiger charge is 2.33. The molecule has 0 saturated carbocycles. The van der Waals surface area contributed by atoms with E-state index < -0.39 is 12.0 Å². The maximum absolute atomic E-state index is 13.3. The lowest BCUT2D eigenvalue weighted by Gasteiger charge is -2.24. The third-order valence-corrected chi connectivity index (χ3v) is 7.05. The number of aromatic nitrogens is 1. The van der Waals surface area contributed by atoms with Crippen molar-refractivity contribution in [2.24, 2.45) is 4.99 Å². The van der Waals surface area contributed by atoms with Crippen LogP contribution in [0.2, 0.25) is 0 Å². The van der Waals surface area contributed by atoms with Crippen molar-refractivity contribution in [3.05, 3.63) is 87.6 Å². The van der Waals surface area contributed by atoms with Gasteiger partial charge >= 0.3 is 5.97 Å². The van der Waals surface area contributed by atoms with Gasteiger partial charge in [-0.1, -0.05) is 41.7 Å². The summed E-state index contributed by atoms with van der Waals surface area (Å²) in [5.74, 6) is -0.445. The second-order valence-electron chi connectivity index (χ2n) is 6.35. The van der Waals surface area contributed by atoms with Gasteiger partial charge in [0.05, 0.1) is 32.2 Å². The van der Waals surface area contributed by atoms with Gasteiger partial charge in [-0.05, 0) is 53.5 Å². The number of carbonyl (C=O) groups excluding carboxylic acids is 1. The molecule has 2 aromatic heterocycles. The Morgan fingerprint density at radius 2 is 2.00 bits per heavy atom. The maximum atomic E-state index is 13.3. The number of hydrogen-bond donors (Lipinski definition) is 0. The van der Waals surface area contributed by atoms with Crippen molar-refractivity contribution >= 4 is 50.6 Å². The smallest absolute Gasteiger partial charge is 0.338 e. The fourth-order valence-electron chi connectivity index (χ4n) is 3.28. The Balaban J connectivity index is 1.96. The first-order chi connectivity index (χ1) is 14.0. The molecule has 1 aliphatic heterocycles. The van der Waals surface area contributed by atoms with Crippen LogP contribution in [0.15, 0.2) is 67.3 Å². The third-order valence-electron chi connectivity index (χ3n) is 4.50. The normalized spacial score (nSPS) is 16.5. The molecular formula is C21H17BrN2O3S2. The second kappa shape index (κ2) is 8.22. The number of thiophene rings is 1. The second-order valence-corrected chi connectivity index (χ2v) is 9.86. The van der Waals surface area contributed by atoms with E-state index >= 15 is 0 Å². The van der Waals surface area contributed by atoms with Crippen LogP contribution < -0.4 is 14.9 Å². The Labute approximate surface area is 183 Å². The lowest BCUT2D eigenvalue weighted by Crippen LogP contribution is -2.39. The van der Waals surface area contributed by atoms with Crippen molar-refractivity contribution in [3.63, 3.8) is 0 Å². The molecule has 4 rings (SSSR count). The van der Waals surface area contributed by atoms with E-state index in [-0.39, 0.29) is 12.2 Å². The number of hydrogen-bond acceptors (Lipinski definition) is 6. The van der Waals surface area contributed by atoms with E-state index in [0.717, 1.165) is 14.2 Å². The zero-order chi connectivity index (χ0) is 20.5. The van der Waals surface area contributed by atoms with Crippen LogP contribution in [0.3, 0.4) is 0 Å². The van der Waals surface area contributed by atoms with E-state index in [9.17, 15) is 9.59 Å². The van der Waals surface area contributed by atoms with Crippen LogP contribution in [0.4, 0.5) is 0 Å². The van der Waals surface area contributed by atoms with E-state index in [1.54, 1.807) is 29.8 Å². The minimum atomic E-state index is -0.566. The predicted molar refractivity (Wildman–Crippen MR) is 119 cm³/mol. The lowest BCUT2D eigenvalue weighted by molar-refractivity contribution is -0.139. The fourth-order valence-corrected chi connectivity index (χ4v) is 5.76. The fraction of sp³-hybridized carbons (Fsp3) is 0.190. The Bertz CT molecular complexity index is 1290. The number of carbonyl (C=O) groups is 1. The largest absolute Gasteiger partial charge is 0.463 e. The summed E-state index contributed by atoms with van der Waals surface area (Å²) < 4.78 is 8.47. The van der Waals surface area contributed by atoms with Gasteiger partial charge in [-0.3, -0.25) is 9.36 Å². The Hall–Kier alpha value is -2.29. The number of allylic oxidation sites excluding steroid dienone is 1. The number of thiazole rings is 1. The summed E-state index contributed by atoms with van der Waals surface area (Å²) in [6, 6.07) is 12.9. The third kappa shape index (κ3) is 3.80. The van der Waals surface area contributed by atoms with Gasteiger partial charge < -0.3 is 4.74 Å². The van der Waals surface area contributed by atoms with Crippen molar-refractivity contribution in [2.45, 2.75) is 19.9 Å². The van der Waals surface area contributed by atoms with Crippen molar-refractivity contribution in [3.8, 4) is 0 Å². The predicted octanol–water partition coefficient (Wildman–Crippen LogP) is 3.62. The molecule has 3 heterocycles. The molecule has 8 heteroatoms. The molecule has 0 bridgehead atoms. The molecule has 1 aliphatic rings. The molecule has 0 spiro atoms. The molecule has 29 heavy (non-hydrogen) atoms. The Morgan fingerprint density at radius 1 is 1.24 bits per heavy atom. The minimum absolute atomic E-state index is 0.165. The van der Waals surface area contributed by atoms with Gasteiger partial charge in [0.2, 0.25) is 0 Å². The zero-order valence-corrected chi connectivity index (χ0v) is 18.9. The van der Waals surface area contributed by atoms with Gasteiger partial charge in [0.15, 0.2) is 4.80 Å². The molecule has 5 nitrogen and oxygen atoms in total. The monoisotopic (exact) mass is 488 g/mol. The van der Waals surface area contributed by atoms with Crippen LogP contribution in [0, 0.1) is 0 Å². The van der Waals surface area contributed by atoms with E-state index in [0.29, 0.717) is 20.6 Å². The van der Waals surface area contributed by atoms with Crippen molar-refractivity contribution < 1.29 is 9.53 Å². The summed E-state index contributed by atoms with van der Waals surface area (Å²) in [7, 11) is 0. The van der Waals surface area contributed by atoms with Crippen molar-refractivity contribution in [2.75, 3.05) is 6.61 Å². The van der Waals surface area contributed by atoms with Crippen LogP contribution in [0.5, 0.6) is 0 Å². The van der Waals surface area contributed by atoms with Crippen LogP contribution in [0.25, 0.3) is 6.08 Å². The average Bonchev–Trinajstić information content (AvgIpc) is 3.24. The van der Waals surface area contributed by atoms with Crippen LogP contribution in [-0.4, -0.2) is 17.1 Å². The summed E-state index contributed by atoms with van der Waals surface area (Å²) in [5, 5.41) is 0. The first-order valence-electron chi connectivity index (χ1n) is 8.99. The van der Waals surface area contributed by atoms with E-state index in [1.807, 2.05) is 48.5 Å². The van der Waals surface area contributed by atoms with Gasteiger partial charge in [0, 0.05) is 4.88 Å². The van der Waals surface area contributed by atoms with E-state index in [1.165, 1.54) is 11.3 Å². The van der Waals surface area contributed by atoms with Gasteiger partial charge in [0.25, 0.3) is 5.56 Å². The summed E-state index contributed by atoms with van der Waals surface area (Å²) in [6.07, 6.45) is 1.87. The highest BCUT2D eigenvalue weighted by molar-refractivity contribution is 9.11. The maximum Gasteiger partial charge on any atom is 0.338 e. The number of ether oxygens (including phenoxy) is 1. The molecule has 0 amide bonds. The SMILES string of the molecule is CCOC(=O)C1=C(C)N=c2s/c(=C\c3ccc(Br)s3)c(=O)n2[C@H]1c1ccccc1. The highest BCUT2D eigenvalue weighted by atomic mass is 79.9. The lowest BCUT2D eigenvalue weighted by atomic mass is 9.96. The van der Waals surface area contributed by atoms with Crippen molar-refractivity contribution in [1.82, 2.24) is 4.57 Å². The average molecular weight is 489 g/mol. The number of benzene rings is 1. The Morgan fingerprint density at radius 3 is 2.66 bits per heavy atom. The molecule has 0 aliphatic carbocycles. The molecule has 0 saturated heterocycles. The van der Waals surface area contributed by atoms with Gasteiger partial charge in [-0.25, -0.2) is 9.79 Å². The topological polar surface area (TPSA) is 60.7 Å². The van der Waals surface area contributed by atoms with E-state index in [4.69, 9.17) is 4.74 Å². The first-order valence-corrected chi connectivity index (χ1v) is 11.4. The highest BCUT2D eigenvalue weighted by Crippen LogP contribution is 2.30.